The fourth-order valence-corrected chi connectivity index (χ4v) is 3.57. The second kappa shape index (κ2) is 9.48. The molecule has 0 fully saturated rings. The predicted octanol–water partition coefficient (Wildman–Crippen LogP) is 5.69. The minimum atomic E-state index is -0.394. The molecule has 0 saturated heterocycles. The lowest BCUT2D eigenvalue weighted by Gasteiger charge is -2.09. The third-order valence-corrected chi connectivity index (χ3v) is 5.26. The summed E-state index contributed by atoms with van der Waals surface area (Å²) in [6.07, 6.45) is 1.62. The quantitative estimate of drug-likeness (QED) is 0.353. The van der Waals surface area contributed by atoms with Crippen molar-refractivity contribution >= 4 is 51.3 Å². The van der Waals surface area contributed by atoms with Gasteiger partial charge < -0.3 is 9.30 Å². The van der Waals surface area contributed by atoms with Crippen LogP contribution in [-0.4, -0.2) is 23.3 Å². The summed E-state index contributed by atoms with van der Waals surface area (Å²) in [6, 6.07) is 14.9. The Balaban J connectivity index is 1.62. The third-order valence-electron chi connectivity index (χ3n) is 4.20. The van der Waals surface area contributed by atoms with E-state index in [1.54, 1.807) is 24.4 Å². The predicted molar refractivity (Wildman–Crippen MR) is 121 cm³/mol. The SMILES string of the molecule is Cc1cc(C=NNC(=O)COc2ccc(Cl)cc2Cl)c(C)n1-c1ccc(Br)cc1. The van der Waals surface area contributed by atoms with E-state index in [9.17, 15) is 4.79 Å². The molecule has 0 atom stereocenters. The number of rotatable bonds is 6. The Kier molecular flexibility index (Phi) is 7.00. The molecule has 5 nitrogen and oxygen atoms in total. The molecule has 0 bridgehead atoms. The lowest BCUT2D eigenvalue weighted by Crippen LogP contribution is -2.24. The second-order valence-corrected chi connectivity index (χ2v) is 8.05. The first-order valence-corrected chi connectivity index (χ1v) is 10.2. The normalized spacial score (nSPS) is 11.1. The number of nitrogens with one attached hydrogen (secondary N) is 1. The molecular weight excluding hydrogens is 477 g/mol. The fourth-order valence-electron chi connectivity index (χ4n) is 2.85. The molecule has 2 aromatic carbocycles. The Labute approximate surface area is 187 Å². The van der Waals surface area contributed by atoms with Gasteiger partial charge in [-0.15, -0.1) is 0 Å². The van der Waals surface area contributed by atoms with Gasteiger partial charge in [-0.05, 0) is 62.4 Å². The molecule has 0 aliphatic rings. The number of aryl methyl sites for hydroxylation is 1. The molecule has 1 heterocycles. The first kappa shape index (κ1) is 21.4. The van der Waals surface area contributed by atoms with Crippen molar-refractivity contribution in [2.45, 2.75) is 13.8 Å². The van der Waals surface area contributed by atoms with E-state index in [0.717, 1.165) is 27.1 Å². The van der Waals surface area contributed by atoms with Gasteiger partial charge in [-0.1, -0.05) is 39.1 Å². The van der Waals surface area contributed by atoms with Crippen LogP contribution in [0.15, 0.2) is 58.1 Å². The molecule has 3 aromatic rings. The van der Waals surface area contributed by atoms with Gasteiger partial charge >= 0.3 is 0 Å². The summed E-state index contributed by atoms with van der Waals surface area (Å²) in [5.41, 5.74) is 6.51. The standard InChI is InChI=1S/C21H18BrCl2N3O2/c1-13-9-15(14(2)27(13)18-6-3-16(22)4-7-18)11-25-26-21(28)12-29-20-8-5-17(23)10-19(20)24/h3-11H,12H2,1-2H3,(H,26,28). The largest absolute Gasteiger partial charge is 0.482 e. The number of carbonyl (C=O) groups excluding carboxylic acids is 1. The van der Waals surface area contributed by atoms with Gasteiger partial charge in [0.25, 0.3) is 5.91 Å². The van der Waals surface area contributed by atoms with Crippen LogP contribution in [0.4, 0.5) is 0 Å². The molecule has 150 valence electrons. The maximum Gasteiger partial charge on any atom is 0.277 e. The molecule has 0 saturated carbocycles. The molecule has 0 spiro atoms. The van der Waals surface area contributed by atoms with Crippen LogP contribution in [0.1, 0.15) is 17.0 Å². The van der Waals surface area contributed by atoms with Gasteiger partial charge in [-0.25, -0.2) is 5.43 Å². The van der Waals surface area contributed by atoms with E-state index in [2.05, 4.69) is 31.0 Å². The van der Waals surface area contributed by atoms with Crippen molar-refractivity contribution in [3.05, 3.63) is 80.0 Å². The summed E-state index contributed by atoms with van der Waals surface area (Å²) < 4.78 is 8.54. The van der Waals surface area contributed by atoms with Gasteiger partial charge in [0.1, 0.15) is 5.75 Å². The van der Waals surface area contributed by atoms with Crippen molar-refractivity contribution in [1.82, 2.24) is 9.99 Å². The molecule has 1 N–H and O–H groups in total. The number of carbonyl (C=O) groups is 1. The van der Waals surface area contributed by atoms with Gasteiger partial charge in [0.2, 0.25) is 0 Å². The van der Waals surface area contributed by atoms with Crippen molar-refractivity contribution in [2.75, 3.05) is 6.61 Å². The number of nitrogens with zero attached hydrogens (tertiary/aromatic N) is 2. The number of halogens is 3. The third kappa shape index (κ3) is 5.41. The zero-order chi connectivity index (χ0) is 21.0. The number of aromatic nitrogens is 1. The topological polar surface area (TPSA) is 55.6 Å². The van der Waals surface area contributed by atoms with Crippen LogP contribution in [-0.2, 0) is 4.79 Å². The summed E-state index contributed by atoms with van der Waals surface area (Å²) in [7, 11) is 0. The van der Waals surface area contributed by atoms with Gasteiger partial charge in [-0.3, -0.25) is 4.79 Å². The molecular formula is C21H18BrCl2N3O2. The van der Waals surface area contributed by atoms with Crippen LogP contribution in [0.2, 0.25) is 10.0 Å². The number of hydrazone groups is 1. The molecule has 3 rings (SSSR count). The summed E-state index contributed by atoms with van der Waals surface area (Å²) in [4.78, 5) is 12.0. The van der Waals surface area contributed by atoms with E-state index >= 15 is 0 Å². The number of hydrogen-bond acceptors (Lipinski definition) is 3. The highest BCUT2D eigenvalue weighted by molar-refractivity contribution is 9.10. The first-order chi connectivity index (χ1) is 13.8. The second-order valence-electron chi connectivity index (χ2n) is 6.29. The Hall–Kier alpha value is -2.28. The highest BCUT2D eigenvalue weighted by Crippen LogP contribution is 2.27. The average Bonchev–Trinajstić information content (AvgIpc) is 2.95. The minimum absolute atomic E-state index is 0.212. The summed E-state index contributed by atoms with van der Waals surface area (Å²) >= 11 is 15.3. The molecule has 0 aliphatic carbocycles. The highest BCUT2D eigenvalue weighted by Gasteiger charge is 2.10. The number of benzene rings is 2. The Morgan fingerprint density at radius 3 is 2.59 bits per heavy atom. The van der Waals surface area contributed by atoms with E-state index in [1.165, 1.54) is 0 Å². The van der Waals surface area contributed by atoms with Crippen LogP contribution in [0.3, 0.4) is 0 Å². The van der Waals surface area contributed by atoms with E-state index < -0.39 is 5.91 Å². The van der Waals surface area contributed by atoms with Crippen LogP contribution in [0.5, 0.6) is 5.75 Å². The van der Waals surface area contributed by atoms with Crippen LogP contribution >= 0.6 is 39.1 Å². The van der Waals surface area contributed by atoms with Crippen LogP contribution in [0, 0.1) is 13.8 Å². The molecule has 1 amide bonds. The Morgan fingerprint density at radius 2 is 1.90 bits per heavy atom. The van der Waals surface area contributed by atoms with Crippen molar-refractivity contribution < 1.29 is 9.53 Å². The fraction of sp³-hybridized carbons (Fsp3) is 0.143. The summed E-state index contributed by atoms with van der Waals surface area (Å²) in [5, 5.41) is 4.87. The lowest BCUT2D eigenvalue weighted by atomic mass is 10.2. The molecule has 29 heavy (non-hydrogen) atoms. The zero-order valence-corrected chi connectivity index (χ0v) is 18.8. The lowest BCUT2D eigenvalue weighted by molar-refractivity contribution is -0.123. The van der Waals surface area contributed by atoms with Crippen LogP contribution < -0.4 is 10.2 Å². The van der Waals surface area contributed by atoms with Gasteiger partial charge in [0.05, 0.1) is 11.2 Å². The average molecular weight is 495 g/mol. The number of hydrogen-bond donors (Lipinski definition) is 1. The molecule has 0 aliphatic heterocycles. The Bertz CT molecular complexity index is 1060. The molecule has 1 aromatic heterocycles. The molecule has 0 radical (unpaired) electrons. The van der Waals surface area contributed by atoms with E-state index in [1.807, 2.05) is 44.2 Å². The van der Waals surface area contributed by atoms with Crippen molar-refractivity contribution in [1.29, 1.82) is 0 Å². The summed E-state index contributed by atoms with van der Waals surface area (Å²) in [5.74, 6) is -0.0118. The number of amides is 1. The van der Waals surface area contributed by atoms with Crippen molar-refractivity contribution in [2.24, 2.45) is 5.10 Å². The van der Waals surface area contributed by atoms with Gasteiger partial charge in [-0.2, -0.15) is 5.10 Å². The highest BCUT2D eigenvalue weighted by atomic mass is 79.9. The smallest absolute Gasteiger partial charge is 0.277 e. The zero-order valence-electron chi connectivity index (χ0n) is 15.7. The van der Waals surface area contributed by atoms with E-state index in [0.29, 0.717) is 15.8 Å². The van der Waals surface area contributed by atoms with Gasteiger partial charge in [0.15, 0.2) is 6.61 Å². The summed E-state index contributed by atoms with van der Waals surface area (Å²) in [6.45, 7) is 3.81. The monoisotopic (exact) mass is 493 g/mol. The van der Waals surface area contributed by atoms with Crippen molar-refractivity contribution in [3.8, 4) is 11.4 Å². The first-order valence-electron chi connectivity index (χ1n) is 8.70. The minimum Gasteiger partial charge on any atom is -0.482 e. The number of ether oxygens (including phenoxy) is 1. The molecule has 8 heteroatoms. The maximum atomic E-state index is 12.0. The van der Waals surface area contributed by atoms with Gasteiger partial charge in [0, 0.05) is 32.1 Å². The van der Waals surface area contributed by atoms with Crippen molar-refractivity contribution in [3.63, 3.8) is 0 Å². The van der Waals surface area contributed by atoms with E-state index in [-0.39, 0.29) is 6.61 Å². The van der Waals surface area contributed by atoms with Crippen LogP contribution in [0.25, 0.3) is 5.69 Å². The van der Waals surface area contributed by atoms with E-state index in [4.69, 9.17) is 27.9 Å². The maximum absolute atomic E-state index is 12.0. The Morgan fingerprint density at radius 1 is 1.17 bits per heavy atom. The molecule has 0 unspecified atom stereocenters.